The second-order valence-electron chi connectivity index (χ2n) is 13.9. The average Bonchev–Trinajstić information content (AvgIpc) is 3.68. The van der Waals surface area contributed by atoms with Crippen LogP contribution in [0.2, 0.25) is 25.7 Å². The molecule has 4 heterocycles. The van der Waals surface area contributed by atoms with Gasteiger partial charge in [0.05, 0.1) is 12.3 Å². The summed E-state index contributed by atoms with van der Waals surface area (Å²) in [5.74, 6) is -1.77. The minimum absolute atomic E-state index is 0.0119. The van der Waals surface area contributed by atoms with Gasteiger partial charge in [0.25, 0.3) is 5.91 Å². The van der Waals surface area contributed by atoms with E-state index in [4.69, 9.17) is 37.4 Å². The quantitative estimate of drug-likeness (QED) is 0.0538. The third kappa shape index (κ3) is 12.6. The first-order valence-corrected chi connectivity index (χ1v) is 22.4. The lowest BCUT2D eigenvalue weighted by Crippen LogP contribution is -2.44. The summed E-state index contributed by atoms with van der Waals surface area (Å²) in [6.45, 7) is 13.2. The molecule has 1 aliphatic rings. The number of pyridine rings is 1. The van der Waals surface area contributed by atoms with Gasteiger partial charge in [-0.05, 0) is 82.5 Å². The maximum absolute atomic E-state index is 15.6. The van der Waals surface area contributed by atoms with Gasteiger partial charge in [-0.15, -0.1) is 23.2 Å². The van der Waals surface area contributed by atoms with Crippen molar-refractivity contribution in [3.05, 3.63) is 47.4 Å². The minimum Gasteiger partial charge on any atom is -0.360 e. The van der Waals surface area contributed by atoms with E-state index in [1.165, 1.54) is 6.20 Å². The van der Waals surface area contributed by atoms with Crippen molar-refractivity contribution in [2.24, 2.45) is 0 Å². The van der Waals surface area contributed by atoms with Crippen molar-refractivity contribution < 1.29 is 28.2 Å². The molecule has 0 radical (unpaired) electrons. The lowest BCUT2D eigenvalue weighted by atomic mass is 10.0. The summed E-state index contributed by atoms with van der Waals surface area (Å²) in [7, 11) is -1.24. The zero-order valence-electron chi connectivity index (χ0n) is 30.4. The van der Waals surface area contributed by atoms with Crippen LogP contribution in [0, 0.1) is 12.9 Å². The largest absolute Gasteiger partial charge is 0.360 e. The topological polar surface area (TPSA) is 134 Å². The molecule has 0 aromatic carbocycles. The molecule has 1 fully saturated rings. The van der Waals surface area contributed by atoms with Crippen LogP contribution < -0.4 is 10.6 Å². The predicted molar refractivity (Wildman–Crippen MR) is 199 cm³/mol. The number of alkyl halides is 2. The first kappa shape index (κ1) is 40.9. The van der Waals surface area contributed by atoms with Gasteiger partial charge in [-0.3, -0.25) is 14.3 Å². The summed E-state index contributed by atoms with van der Waals surface area (Å²) in [5.41, 5.74) is 2.72. The smallest absolute Gasteiger partial charge is 0.270 e. The van der Waals surface area contributed by atoms with Gasteiger partial charge in [0.1, 0.15) is 29.1 Å². The number of carbonyl (C=O) groups excluding carboxylic acids is 2. The number of hydrogen-bond acceptors (Lipinski definition) is 8. The lowest BCUT2D eigenvalue weighted by molar-refractivity contribution is -0.163. The fourth-order valence-electron chi connectivity index (χ4n) is 5.83. The summed E-state index contributed by atoms with van der Waals surface area (Å²) in [6, 6.07) is 4.78. The predicted octanol–water partition coefficient (Wildman–Crippen LogP) is 7.11. The van der Waals surface area contributed by atoms with Gasteiger partial charge in [0.15, 0.2) is 6.29 Å². The van der Waals surface area contributed by atoms with Gasteiger partial charge in [0.2, 0.25) is 11.9 Å². The molecule has 2 N–H and O–H groups in total. The molecule has 16 heteroatoms. The van der Waals surface area contributed by atoms with Crippen LogP contribution in [-0.4, -0.2) is 81.4 Å². The Morgan fingerprint density at radius 2 is 1.92 bits per heavy atom. The summed E-state index contributed by atoms with van der Waals surface area (Å²) in [6.07, 6.45) is 6.70. The van der Waals surface area contributed by atoms with Crippen LogP contribution in [0.4, 0.5) is 10.2 Å². The van der Waals surface area contributed by atoms with Crippen molar-refractivity contribution in [1.29, 1.82) is 0 Å². The highest BCUT2D eigenvalue weighted by molar-refractivity contribution is 6.76. The Bertz CT molecular complexity index is 1580. The number of ether oxygens (including phenoxy) is 3. The normalized spacial score (nSPS) is 15.7. The molecule has 2 atom stereocenters. The molecule has 1 unspecified atom stereocenters. The molecule has 0 spiro atoms. The maximum atomic E-state index is 15.6. The molecule has 0 aliphatic carbocycles. The van der Waals surface area contributed by atoms with Crippen LogP contribution in [0.3, 0.4) is 0 Å². The van der Waals surface area contributed by atoms with Gasteiger partial charge in [-0.1, -0.05) is 26.6 Å². The van der Waals surface area contributed by atoms with E-state index >= 15 is 4.39 Å². The zero-order chi connectivity index (χ0) is 37.0. The third-order valence-corrected chi connectivity index (χ3v) is 10.7. The average molecular weight is 769 g/mol. The van der Waals surface area contributed by atoms with E-state index in [0.717, 1.165) is 31.0 Å². The van der Waals surface area contributed by atoms with E-state index in [9.17, 15) is 9.59 Å². The number of carbonyl (C=O) groups is 2. The molecule has 0 bridgehead atoms. The number of halogens is 3. The molecule has 282 valence electrons. The maximum Gasteiger partial charge on any atom is 0.270 e. The fourth-order valence-corrected chi connectivity index (χ4v) is 6.90. The molecule has 1 saturated heterocycles. The van der Waals surface area contributed by atoms with Crippen LogP contribution in [0.15, 0.2) is 24.4 Å². The van der Waals surface area contributed by atoms with E-state index < -0.39 is 36.7 Å². The highest BCUT2D eigenvalue weighted by Gasteiger charge is 2.25. The molecule has 51 heavy (non-hydrogen) atoms. The minimum atomic E-state index is -1.24. The van der Waals surface area contributed by atoms with Crippen molar-refractivity contribution in [2.75, 3.05) is 25.1 Å². The van der Waals surface area contributed by atoms with E-state index in [-0.39, 0.29) is 30.8 Å². The number of hydrogen-bond donors (Lipinski definition) is 2. The van der Waals surface area contributed by atoms with Crippen molar-refractivity contribution in [2.45, 2.75) is 121 Å². The highest BCUT2D eigenvalue weighted by Crippen LogP contribution is 2.30. The fraction of sp³-hybridized carbons (Fsp3) is 0.629. The lowest BCUT2D eigenvalue weighted by Gasteiger charge is -2.22. The third-order valence-electron chi connectivity index (χ3n) is 8.59. The first-order chi connectivity index (χ1) is 24.4. The second-order valence-corrected chi connectivity index (χ2v) is 20.8. The number of amides is 2. The monoisotopic (exact) mass is 767 g/mol. The molecule has 2 amide bonds. The number of nitrogens with zero attached hydrogens (tertiary/aromatic N) is 5. The van der Waals surface area contributed by atoms with Crippen molar-refractivity contribution in [3.8, 4) is 11.1 Å². The summed E-state index contributed by atoms with van der Waals surface area (Å²) in [5, 5.41) is 14.4. The summed E-state index contributed by atoms with van der Waals surface area (Å²) in [4.78, 5) is 30.4. The van der Waals surface area contributed by atoms with Gasteiger partial charge < -0.3 is 24.8 Å². The Labute approximate surface area is 311 Å². The molecule has 1 aliphatic heterocycles. The van der Waals surface area contributed by atoms with Gasteiger partial charge in [0, 0.05) is 50.9 Å². The van der Waals surface area contributed by atoms with Crippen LogP contribution in [0.25, 0.3) is 11.1 Å². The molecule has 4 rings (SSSR count). The van der Waals surface area contributed by atoms with Crippen LogP contribution in [0.1, 0.15) is 73.7 Å². The van der Waals surface area contributed by atoms with E-state index in [1.807, 2.05) is 13.8 Å². The van der Waals surface area contributed by atoms with E-state index in [1.54, 1.807) is 27.6 Å². The number of nitrogens with one attached hydrogen (secondary N) is 2. The van der Waals surface area contributed by atoms with Crippen LogP contribution >= 0.6 is 23.2 Å². The van der Waals surface area contributed by atoms with E-state index in [0.29, 0.717) is 69.0 Å². The first-order valence-electron chi connectivity index (χ1n) is 17.8. The number of anilines is 1. The molecule has 0 saturated carbocycles. The van der Waals surface area contributed by atoms with Crippen molar-refractivity contribution >= 4 is 48.9 Å². The standard InChI is InChI=1S/C35H52Cl2FN7O5Si/c1-6-27-32(24(2)43-45(27)23-48-21-22-51(3,4)5)25-14-15-30(41-33(25)38)42-34(46)26(11-9-12-29(36)37)40-35(47)28-16-17-39-44(28)18-10-20-50-31-13-7-8-19-49-31/h14-17,26,29,31H,6-13,18-23H2,1-5H3,(H,40,47)(H,41,42,46)/t26-,31?/m0/s1. The molecule has 12 nitrogen and oxygen atoms in total. The van der Waals surface area contributed by atoms with Gasteiger partial charge in [-0.2, -0.15) is 14.6 Å². The van der Waals surface area contributed by atoms with Crippen molar-refractivity contribution in [3.63, 3.8) is 0 Å². The number of aromatic nitrogens is 5. The van der Waals surface area contributed by atoms with Crippen LogP contribution in [-0.2, 0) is 38.7 Å². The Morgan fingerprint density at radius 1 is 1.12 bits per heavy atom. The molecular weight excluding hydrogens is 716 g/mol. The van der Waals surface area contributed by atoms with Crippen molar-refractivity contribution in [1.82, 2.24) is 29.9 Å². The van der Waals surface area contributed by atoms with E-state index in [2.05, 4.69) is 45.5 Å². The highest BCUT2D eigenvalue weighted by atomic mass is 35.5. The Kier molecular flexibility index (Phi) is 15.9. The SMILES string of the molecule is CCc1c(-c2ccc(NC(=O)[C@H](CCCC(Cl)Cl)NC(=O)c3ccnn3CCCOC3CCCCO3)nc2F)c(C)nn1COCC[Si](C)(C)C. The number of rotatable bonds is 20. The number of aryl methyl sites for hydroxylation is 2. The zero-order valence-corrected chi connectivity index (χ0v) is 32.9. The molecule has 3 aromatic rings. The Morgan fingerprint density at radius 3 is 2.61 bits per heavy atom. The molecular formula is C35H52Cl2FN7O5Si. The van der Waals surface area contributed by atoms with Gasteiger partial charge in [-0.25, -0.2) is 9.67 Å². The summed E-state index contributed by atoms with van der Waals surface area (Å²) < 4.78 is 36.3. The Hall–Kier alpha value is -2.88. The molecule has 3 aromatic heterocycles. The Balaban J connectivity index is 1.41. The van der Waals surface area contributed by atoms with Gasteiger partial charge >= 0.3 is 0 Å². The van der Waals surface area contributed by atoms with Crippen LogP contribution in [0.5, 0.6) is 0 Å². The second kappa shape index (κ2) is 19.8. The summed E-state index contributed by atoms with van der Waals surface area (Å²) >= 11 is 11.9.